The van der Waals surface area contributed by atoms with Crippen molar-refractivity contribution in [3.63, 3.8) is 0 Å². The molecule has 31 heavy (non-hydrogen) atoms. The number of carbonyl (C=O) groups excluding carboxylic acids is 1. The van der Waals surface area contributed by atoms with Crippen LogP contribution >= 0.6 is 0 Å². The Kier molecular flexibility index (Phi) is 6.24. The molecule has 0 radical (unpaired) electrons. The number of piperidine rings is 1. The summed E-state index contributed by atoms with van der Waals surface area (Å²) in [5.74, 6) is -1.12. The van der Waals surface area contributed by atoms with E-state index in [1.807, 2.05) is 18.2 Å². The second kappa shape index (κ2) is 9.07. The highest BCUT2D eigenvalue weighted by Crippen LogP contribution is 2.25. The Bertz CT molecular complexity index is 1220. The molecule has 1 fully saturated rings. The minimum absolute atomic E-state index is 0.0478. The average molecular weight is 444 g/mol. The molecule has 164 valence electrons. The Balaban J connectivity index is 1.36. The largest absolute Gasteiger partial charge is 0.417 e. The number of benzene rings is 2. The van der Waals surface area contributed by atoms with E-state index in [1.165, 1.54) is 28.1 Å². The van der Waals surface area contributed by atoms with Crippen molar-refractivity contribution in [2.75, 3.05) is 19.6 Å². The maximum atomic E-state index is 13.1. The summed E-state index contributed by atoms with van der Waals surface area (Å²) in [6.07, 6.45) is 2.97. The first-order chi connectivity index (χ1) is 14.9. The monoisotopic (exact) mass is 443 g/mol. The summed E-state index contributed by atoms with van der Waals surface area (Å²) in [6, 6.07) is 14.4. The fraction of sp³-hybridized carbons (Fsp3) is 0.364. The number of fused-ring (bicyclic) bond motifs is 1. The molecule has 0 bridgehead atoms. The number of hydrogen-bond donors (Lipinski definition) is 2. The van der Waals surface area contributed by atoms with E-state index in [0.717, 1.165) is 12.8 Å². The Morgan fingerprint density at radius 3 is 2.81 bits per heavy atom. The quantitative estimate of drug-likeness (QED) is 0.544. The summed E-state index contributed by atoms with van der Waals surface area (Å²) in [5, 5.41) is 2.95. The van der Waals surface area contributed by atoms with Crippen LogP contribution in [0, 0.1) is 5.92 Å². The summed E-state index contributed by atoms with van der Waals surface area (Å²) in [4.78, 5) is 26.5. The van der Waals surface area contributed by atoms with Crippen LogP contribution in [0.1, 0.15) is 24.8 Å². The number of rotatable bonds is 7. The number of sulfonamides is 1. The first kappa shape index (κ1) is 21.3. The van der Waals surface area contributed by atoms with E-state index in [2.05, 4.69) is 22.4 Å². The molecule has 2 heterocycles. The predicted octanol–water partition coefficient (Wildman–Crippen LogP) is 2.27. The smallest absolute Gasteiger partial charge is 0.408 e. The number of H-pyrrole nitrogens is 1. The molecular weight excluding hydrogens is 418 g/mol. The second-order valence-corrected chi connectivity index (χ2v) is 9.69. The van der Waals surface area contributed by atoms with E-state index in [4.69, 9.17) is 4.42 Å². The average Bonchev–Trinajstić information content (AvgIpc) is 3.16. The molecule has 1 aromatic heterocycles. The number of hydrogen-bond acceptors (Lipinski definition) is 5. The van der Waals surface area contributed by atoms with Gasteiger partial charge in [0.05, 0.1) is 16.3 Å². The number of aromatic nitrogens is 1. The Morgan fingerprint density at radius 1 is 1.19 bits per heavy atom. The number of aryl methyl sites for hydroxylation is 1. The molecule has 3 aromatic rings. The van der Waals surface area contributed by atoms with Crippen LogP contribution in [0.15, 0.2) is 62.6 Å². The van der Waals surface area contributed by atoms with Crippen molar-refractivity contribution >= 4 is 27.0 Å². The van der Waals surface area contributed by atoms with Crippen LogP contribution in [-0.4, -0.2) is 43.2 Å². The fourth-order valence-electron chi connectivity index (χ4n) is 3.90. The molecular formula is C22H25N3O5S. The van der Waals surface area contributed by atoms with E-state index < -0.39 is 15.8 Å². The van der Waals surface area contributed by atoms with Gasteiger partial charge in [-0.15, -0.1) is 0 Å². The van der Waals surface area contributed by atoms with Crippen molar-refractivity contribution in [2.45, 2.75) is 30.6 Å². The van der Waals surface area contributed by atoms with Gasteiger partial charge in [0.1, 0.15) is 0 Å². The maximum Gasteiger partial charge on any atom is 0.417 e. The molecule has 1 atom stereocenters. The van der Waals surface area contributed by atoms with E-state index >= 15 is 0 Å². The zero-order valence-corrected chi connectivity index (χ0v) is 17.9. The van der Waals surface area contributed by atoms with Gasteiger partial charge in [-0.2, -0.15) is 4.31 Å². The van der Waals surface area contributed by atoms with Crippen LogP contribution in [-0.2, 0) is 21.2 Å². The topological polar surface area (TPSA) is 112 Å². The first-order valence-corrected chi connectivity index (χ1v) is 11.8. The Labute approximate surface area is 180 Å². The Morgan fingerprint density at radius 2 is 2.00 bits per heavy atom. The van der Waals surface area contributed by atoms with Gasteiger partial charge in [-0.05, 0) is 43.4 Å². The highest BCUT2D eigenvalue weighted by atomic mass is 32.2. The fourth-order valence-corrected chi connectivity index (χ4v) is 5.44. The van der Waals surface area contributed by atoms with Gasteiger partial charge >= 0.3 is 5.76 Å². The van der Waals surface area contributed by atoms with E-state index in [0.29, 0.717) is 31.4 Å². The second-order valence-electron chi connectivity index (χ2n) is 7.75. The SMILES string of the molecule is O=C(NCCCc1ccccc1)[C@@H]1CCCN(S(=O)(=O)c2ccc3[nH]c(=O)oc3c2)C1. The van der Waals surface area contributed by atoms with Crippen molar-refractivity contribution in [3.05, 3.63) is 64.6 Å². The van der Waals surface area contributed by atoms with Gasteiger partial charge in [-0.1, -0.05) is 30.3 Å². The van der Waals surface area contributed by atoms with Crippen molar-refractivity contribution < 1.29 is 17.6 Å². The number of nitrogens with zero attached hydrogens (tertiary/aromatic N) is 1. The van der Waals surface area contributed by atoms with Crippen molar-refractivity contribution in [1.82, 2.24) is 14.6 Å². The lowest BCUT2D eigenvalue weighted by Crippen LogP contribution is -2.45. The van der Waals surface area contributed by atoms with Gasteiger partial charge in [-0.3, -0.25) is 9.78 Å². The van der Waals surface area contributed by atoms with Crippen molar-refractivity contribution in [1.29, 1.82) is 0 Å². The molecule has 0 spiro atoms. The molecule has 8 nitrogen and oxygen atoms in total. The van der Waals surface area contributed by atoms with Gasteiger partial charge in [0.25, 0.3) is 0 Å². The lowest BCUT2D eigenvalue weighted by Gasteiger charge is -2.31. The van der Waals surface area contributed by atoms with E-state index in [1.54, 1.807) is 0 Å². The van der Waals surface area contributed by atoms with Crippen LogP contribution in [0.3, 0.4) is 0 Å². The molecule has 4 rings (SSSR count). The lowest BCUT2D eigenvalue weighted by molar-refractivity contribution is -0.126. The minimum atomic E-state index is -3.79. The molecule has 1 amide bonds. The third-order valence-corrected chi connectivity index (χ3v) is 7.43. The van der Waals surface area contributed by atoms with E-state index in [9.17, 15) is 18.0 Å². The van der Waals surface area contributed by atoms with Crippen LogP contribution in [0.5, 0.6) is 0 Å². The van der Waals surface area contributed by atoms with Crippen molar-refractivity contribution in [3.8, 4) is 0 Å². The first-order valence-electron chi connectivity index (χ1n) is 10.4. The molecule has 1 aliphatic rings. The summed E-state index contributed by atoms with van der Waals surface area (Å²) in [5.41, 5.74) is 1.85. The standard InChI is InChI=1S/C22H25N3O5S/c26-21(23-12-4-8-16-6-2-1-3-7-16)17-9-5-13-25(15-17)31(28,29)18-10-11-19-20(14-18)30-22(27)24-19/h1-3,6-7,10-11,14,17H,4-5,8-9,12-13,15H2,(H,23,26)(H,24,27)/t17-/m1/s1. The van der Waals surface area contributed by atoms with Crippen LogP contribution in [0.2, 0.25) is 0 Å². The van der Waals surface area contributed by atoms with Gasteiger partial charge in [-0.25, -0.2) is 13.2 Å². The molecule has 9 heteroatoms. The zero-order chi connectivity index (χ0) is 21.8. The number of amides is 1. The molecule has 1 saturated heterocycles. The Hall–Kier alpha value is -2.91. The molecule has 2 N–H and O–H groups in total. The van der Waals surface area contributed by atoms with Crippen LogP contribution in [0.25, 0.3) is 11.1 Å². The van der Waals surface area contributed by atoms with Gasteiger partial charge in [0.15, 0.2) is 5.58 Å². The van der Waals surface area contributed by atoms with Crippen LogP contribution in [0.4, 0.5) is 0 Å². The predicted molar refractivity (Wildman–Crippen MR) is 116 cm³/mol. The summed E-state index contributed by atoms with van der Waals surface area (Å²) in [6.45, 7) is 1.05. The number of aromatic amines is 1. The van der Waals surface area contributed by atoms with Gasteiger partial charge in [0.2, 0.25) is 15.9 Å². The molecule has 0 saturated carbocycles. The maximum absolute atomic E-state index is 13.1. The number of nitrogens with one attached hydrogen (secondary N) is 2. The minimum Gasteiger partial charge on any atom is -0.408 e. The summed E-state index contributed by atoms with van der Waals surface area (Å²) >= 11 is 0. The summed E-state index contributed by atoms with van der Waals surface area (Å²) in [7, 11) is -3.79. The zero-order valence-electron chi connectivity index (χ0n) is 17.0. The third kappa shape index (κ3) is 4.88. The molecule has 0 aliphatic carbocycles. The highest BCUT2D eigenvalue weighted by Gasteiger charge is 2.33. The lowest BCUT2D eigenvalue weighted by atomic mass is 9.99. The number of carbonyl (C=O) groups is 1. The van der Waals surface area contributed by atoms with E-state index in [-0.39, 0.29) is 28.8 Å². The van der Waals surface area contributed by atoms with Gasteiger partial charge < -0.3 is 9.73 Å². The molecule has 0 unspecified atom stereocenters. The number of oxazole rings is 1. The van der Waals surface area contributed by atoms with Crippen LogP contribution < -0.4 is 11.1 Å². The highest BCUT2D eigenvalue weighted by molar-refractivity contribution is 7.89. The normalized spacial score (nSPS) is 17.6. The molecule has 2 aromatic carbocycles. The third-order valence-electron chi connectivity index (χ3n) is 5.57. The van der Waals surface area contributed by atoms with Crippen molar-refractivity contribution in [2.24, 2.45) is 5.92 Å². The summed E-state index contributed by atoms with van der Waals surface area (Å²) < 4.78 is 32.5. The van der Waals surface area contributed by atoms with Gasteiger partial charge in [0, 0.05) is 25.7 Å². The molecule has 1 aliphatic heterocycles.